The van der Waals surface area contributed by atoms with Gasteiger partial charge in [0.25, 0.3) is 0 Å². The van der Waals surface area contributed by atoms with Gasteiger partial charge in [-0.05, 0) is 18.8 Å². The molecule has 17 heavy (non-hydrogen) atoms. The first-order valence-electron chi connectivity index (χ1n) is 7.13. The highest BCUT2D eigenvalue weighted by molar-refractivity contribution is 5.76. The van der Waals surface area contributed by atoms with Crippen molar-refractivity contribution in [3.05, 3.63) is 0 Å². The van der Waals surface area contributed by atoms with Crippen molar-refractivity contribution in [1.82, 2.24) is 4.90 Å². The zero-order valence-corrected chi connectivity index (χ0v) is 11.3. The Kier molecular flexibility index (Phi) is 6.56. The van der Waals surface area contributed by atoms with Crippen LogP contribution in [0.25, 0.3) is 0 Å². The molecule has 0 unspecified atom stereocenters. The summed E-state index contributed by atoms with van der Waals surface area (Å²) in [5.74, 6) is 0.855. The van der Waals surface area contributed by atoms with E-state index < -0.39 is 0 Å². The fourth-order valence-corrected chi connectivity index (χ4v) is 2.66. The van der Waals surface area contributed by atoms with E-state index in [0.717, 1.165) is 51.6 Å². The average molecular weight is 241 g/mol. The number of piperidine rings is 1. The summed E-state index contributed by atoms with van der Waals surface area (Å²) in [6.07, 6.45) is 6.66. The standard InChI is InChI=1S/C14H27NO2/c1-3-5-12(6-4-2)11-14(17)15-9-7-13(16)8-10-15/h12-13,16H,3-11H2,1-2H3. The molecule has 1 N–H and O–H groups in total. The molecule has 1 rings (SSSR count). The smallest absolute Gasteiger partial charge is 0.222 e. The van der Waals surface area contributed by atoms with E-state index in [-0.39, 0.29) is 6.10 Å². The van der Waals surface area contributed by atoms with E-state index >= 15 is 0 Å². The van der Waals surface area contributed by atoms with Crippen molar-refractivity contribution >= 4 is 5.91 Å². The van der Waals surface area contributed by atoms with E-state index in [9.17, 15) is 9.90 Å². The first kappa shape index (κ1) is 14.5. The molecule has 0 radical (unpaired) electrons. The van der Waals surface area contributed by atoms with Crippen LogP contribution in [0.15, 0.2) is 0 Å². The number of carbonyl (C=O) groups excluding carboxylic acids is 1. The SMILES string of the molecule is CCCC(CCC)CC(=O)N1CCC(O)CC1. The Balaban J connectivity index is 2.35. The first-order chi connectivity index (χ1) is 8.17. The highest BCUT2D eigenvalue weighted by Crippen LogP contribution is 2.20. The molecule has 0 bridgehead atoms. The second-order valence-corrected chi connectivity index (χ2v) is 5.26. The predicted molar refractivity (Wildman–Crippen MR) is 69.7 cm³/mol. The number of hydrogen-bond acceptors (Lipinski definition) is 2. The van der Waals surface area contributed by atoms with Crippen molar-refractivity contribution < 1.29 is 9.90 Å². The highest BCUT2D eigenvalue weighted by Gasteiger charge is 2.23. The van der Waals surface area contributed by atoms with Gasteiger partial charge >= 0.3 is 0 Å². The van der Waals surface area contributed by atoms with Crippen LogP contribution < -0.4 is 0 Å². The summed E-state index contributed by atoms with van der Waals surface area (Å²) < 4.78 is 0. The van der Waals surface area contributed by atoms with Gasteiger partial charge in [0, 0.05) is 19.5 Å². The van der Waals surface area contributed by atoms with Gasteiger partial charge in [-0.1, -0.05) is 39.5 Å². The lowest BCUT2D eigenvalue weighted by molar-refractivity contribution is -0.134. The molecule has 1 amide bonds. The van der Waals surface area contributed by atoms with Gasteiger partial charge in [0.1, 0.15) is 0 Å². The van der Waals surface area contributed by atoms with Gasteiger partial charge in [0.2, 0.25) is 5.91 Å². The highest BCUT2D eigenvalue weighted by atomic mass is 16.3. The number of carbonyl (C=O) groups is 1. The first-order valence-corrected chi connectivity index (χ1v) is 7.13. The normalized spacial score (nSPS) is 17.8. The van der Waals surface area contributed by atoms with E-state index in [1.165, 1.54) is 0 Å². The van der Waals surface area contributed by atoms with Crippen molar-refractivity contribution in [1.29, 1.82) is 0 Å². The summed E-state index contributed by atoms with van der Waals surface area (Å²) in [6.45, 7) is 5.85. The Morgan fingerprint density at radius 3 is 2.24 bits per heavy atom. The van der Waals surface area contributed by atoms with Gasteiger partial charge in [0.15, 0.2) is 0 Å². The lowest BCUT2D eigenvalue weighted by atomic mass is 9.94. The van der Waals surface area contributed by atoms with Gasteiger partial charge < -0.3 is 10.0 Å². The molecule has 3 nitrogen and oxygen atoms in total. The molecule has 1 saturated heterocycles. The van der Waals surface area contributed by atoms with E-state index in [0.29, 0.717) is 18.2 Å². The van der Waals surface area contributed by atoms with Crippen molar-refractivity contribution in [2.75, 3.05) is 13.1 Å². The van der Waals surface area contributed by atoms with Crippen molar-refractivity contribution in [2.45, 2.75) is 64.9 Å². The van der Waals surface area contributed by atoms with Gasteiger partial charge in [-0.25, -0.2) is 0 Å². The third kappa shape index (κ3) is 5.07. The summed E-state index contributed by atoms with van der Waals surface area (Å²) in [5.41, 5.74) is 0. The molecule has 1 fully saturated rings. The summed E-state index contributed by atoms with van der Waals surface area (Å²) in [7, 11) is 0. The Morgan fingerprint density at radius 1 is 1.24 bits per heavy atom. The molecule has 3 heteroatoms. The van der Waals surface area contributed by atoms with Crippen LogP contribution in [-0.2, 0) is 4.79 Å². The van der Waals surface area contributed by atoms with Crippen LogP contribution in [0.5, 0.6) is 0 Å². The molecule has 0 aromatic rings. The second kappa shape index (κ2) is 7.70. The topological polar surface area (TPSA) is 40.5 Å². The molecule has 0 saturated carbocycles. The van der Waals surface area contributed by atoms with Gasteiger partial charge in [-0.15, -0.1) is 0 Å². The zero-order valence-electron chi connectivity index (χ0n) is 11.3. The molecule has 1 heterocycles. The minimum absolute atomic E-state index is 0.193. The lowest BCUT2D eigenvalue weighted by Crippen LogP contribution is -2.40. The number of hydrogen-bond donors (Lipinski definition) is 1. The summed E-state index contributed by atoms with van der Waals surface area (Å²) in [5, 5.41) is 9.42. The van der Waals surface area contributed by atoms with E-state index in [2.05, 4.69) is 13.8 Å². The third-order valence-corrected chi connectivity index (χ3v) is 3.67. The Bertz CT molecular complexity index is 216. The number of aliphatic hydroxyl groups excluding tert-OH is 1. The van der Waals surface area contributed by atoms with Crippen molar-refractivity contribution in [2.24, 2.45) is 5.92 Å². The number of nitrogens with zero attached hydrogens (tertiary/aromatic N) is 1. The molecule has 100 valence electrons. The van der Waals surface area contributed by atoms with Gasteiger partial charge in [0.05, 0.1) is 6.10 Å². The molecule has 0 spiro atoms. The molecular weight excluding hydrogens is 214 g/mol. The fourth-order valence-electron chi connectivity index (χ4n) is 2.66. The lowest BCUT2D eigenvalue weighted by Gasteiger charge is -2.30. The van der Waals surface area contributed by atoms with Crippen LogP contribution in [0.4, 0.5) is 0 Å². The molecule has 0 aromatic heterocycles. The molecule has 0 aliphatic carbocycles. The summed E-state index contributed by atoms with van der Waals surface area (Å²) in [4.78, 5) is 14.0. The van der Waals surface area contributed by atoms with E-state index in [1.807, 2.05) is 4.90 Å². The second-order valence-electron chi connectivity index (χ2n) is 5.26. The van der Waals surface area contributed by atoms with Gasteiger partial charge in [-0.3, -0.25) is 4.79 Å². The third-order valence-electron chi connectivity index (χ3n) is 3.67. The minimum Gasteiger partial charge on any atom is -0.393 e. The number of amides is 1. The monoisotopic (exact) mass is 241 g/mol. The summed E-state index contributed by atoms with van der Waals surface area (Å²) >= 11 is 0. The Labute approximate surface area is 105 Å². The maximum absolute atomic E-state index is 12.1. The molecule has 0 atom stereocenters. The number of rotatable bonds is 6. The van der Waals surface area contributed by atoms with Crippen LogP contribution in [0.2, 0.25) is 0 Å². The maximum Gasteiger partial charge on any atom is 0.222 e. The average Bonchev–Trinajstić information content (AvgIpc) is 2.30. The predicted octanol–water partition coefficient (Wildman–Crippen LogP) is 2.58. The van der Waals surface area contributed by atoms with Crippen LogP contribution in [-0.4, -0.2) is 35.1 Å². The fraction of sp³-hybridized carbons (Fsp3) is 0.929. The minimum atomic E-state index is -0.193. The van der Waals surface area contributed by atoms with E-state index in [1.54, 1.807) is 0 Å². The molecule has 1 aliphatic rings. The summed E-state index contributed by atoms with van der Waals surface area (Å²) in [6, 6.07) is 0. The largest absolute Gasteiger partial charge is 0.393 e. The zero-order chi connectivity index (χ0) is 12.7. The molecule has 1 aliphatic heterocycles. The molecular formula is C14H27NO2. The molecule has 0 aromatic carbocycles. The van der Waals surface area contributed by atoms with Crippen LogP contribution in [0.1, 0.15) is 58.8 Å². The van der Waals surface area contributed by atoms with Crippen molar-refractivity contribution in [3.8, 4) is 0 Å². The van der Waals surface area contributed by atoms with E-state index in [4.69, 9.17) is 0 Å². The quantitative estimate of drug-likeness (QED) is 0.776. The number of aliphatic hydroxyl groups is 1. The number of likely N-dealkylation sites (tertiary alicyclic amines) is 1. The van der Waals surface area contributed by atoms with Crippen LogP contribution in [0, 0.1) is 5.92 Å². The van der Waals surface area contributed by atoms with Crippen LogP contribution in [0.3, 0.4) is 0 Å². The Morgan fingerprint density at radius 2 is 1.76 bits per heavy atom. The van der Waals surface area contributed by atoms with Crippen molar-refractivity contribution in [3.63, 3.8) is 0 Å². The maximum atomic E-state index is 12.1. The van der Waals surface area contributed by atoms with Crippen LogP contribution >= 0.6 is 0 Å². The Hall–Kier alpha value is -0.570. The van der Waals surface area contributed by atoms with Gasteiger partial charge in [-0.2, -0.15) is 0 Å².